The van der Waals surface area contributed by atoms with Crippen LogP contribution in [0.15, 0.2) is 5.51 Å². The van der Waals surface area contributed by atoms with Crippen LogP contribution in [0.25, 0.3) is 0 Å². The van der Waals surface area contributed by atoms with E-state index >= 15 is 0 Å². The van der Waals surface area contributed by atoms with Crippen LogP contribution in [0.5, 0.6) is 0 Å². The third-order valence-electron chi connectivity index (χ3n) is 2.92. The molecule has 8 heteroatoms. The minimum atomic E-state index is -1.04. The van der Waals surface area contributed by atoms with Gasteiger partial charge in [-0.25, -0.2) is 4.98 Å². The zero-order valence-corrected chi connectivity index (χ0v) is 11.6. The molecule has 2 rings (SSSR count). The molecule has 2 heterocycles. The van der Waals surface area contributed by atoms with Crippen LogP contribution in [0.2, 0.25) is 5.15 Å². The molecule has 0 saturated carbocycles. The number of rotatable bonds is 4. The predicted molar refractivity (Wildman–Crippen MR) is 69.6 cm³/mol. The number of amides is 1. The van der Waals surface area contributed by atoms with Crippen LogP contribution >= 0.6 is 22.9 Å². The minimum absolute atomic E-state index is 0.123. The van der Waals surface area contributed by atoms with E-state index in [1.54, 1.807) is 0 Å². The third kappa shape index (κ3) is 3.43. The minimum Gasteiger partial charge on any atom is -0.480 e. The number of hydrogen-bond donors (Lipinski definition) is 1. The zero-order valence-electron chi connectivity index (χ0n) is 10.0. The summed E-state index contributed by atoms with van der Waals surface area (Å²) in [5.74, 6) is -1.41. The first-order chi connectivity index (χ1) is 9.09. The Morgan fingerprint density at radius 1 is 1.53 bits per heavy atom. The molecule has 0 bridgehead atoms. The summed E-state index contributed by atoms with van der Waals surface area (Å²) in [7, 11) is 0. The SMILES string of the molecule is O=C(O)CN(C(=O)c1scnc1Cl)C1CCOCC1. The quantitative estimate of drug-likeness (QED) is 0.912. The number of carbonyl (C=O) groups is 2. The number of carboxylic acid groups (broad SMARTS) is 1. The molecule has 1 aromatic heterocycles. The molecule has 0 radical (unpaired) electrons. The average molecular weight is 305 g/mol. The zero-order chi connectivity index (χ0) is 13.8. The van der Waals surface area contributed by atoms with Gasteiger partial charge in [0, 0.05) is 19.3 Å². The molecule has 1 fully saturated rings. The van der Waals surface area contributed by atoms with E-state index in [0.29, 0.717) is 26.1 Å². The molecule has 0 spiro atoms. The summed E-state index contributed by atoms with van der Waals surface area (Å²) in [6.45, 7) is 0.729. The van der Waals surface area contributed by atoms with Crippen molar-refractivity contribution in [1.29, 1.82) is 0 Å². The number of halogens is 1. The highest BCUT2D eigenvalue weighted by molar-refractivity contribution is 7.12. The summed E-state index contributed by atoms with van der Waals surface area (Å²) in [4.78, 5) is 28.8. The lowest BCUT2D eigenvalue weighted by Gasteiger charge is -2.32. The normalized spacial score (nSPS) is 16.3. The molecule has 1 aromatic rings. The lowest BCUT2D eigenvalue weighted by Crippen LogP contribution is -2.45. The maximum absolute atomic E-state index is 12.4. The number of carbonyl (C=O) groups excluding carboxylic acids is 1. The van der Waals surface area contributed by atoms with E-state index in [2.05, 4.69) is 4.98 Å². The van der Waals surface area contributed by atoms with Crippen molar-refractivity contribution in [2.75, 3.05) is 19.8 Å². The Morgan fingerprint density at radius 3 is 2.74 bits per heavy atom. The van der Waals surface area contributed by atoms with E-state index in [9.17, 15) is 9.59 Å². The second kappa shape index (κ2) is 6.31. The molecule has 1 aliphatic heterocycles. The van der Waals surface area contributed by atoms with Crippen molar-refractivity contribution >= 4 is 34.8 Å². The maximum Gasteiger partial charge on any atom is 0.323 e. The van der Waals surface area contributed by atoms with E-state index < -0.39 is 5.97 Å². The molecule has 1 N–H and O–H groups in total. The van der Waals surface area contributed by atoms with Crippen molar-refractivity contribution in [1.82, 2.24) is 9.88 Å². The second-order valence-electron chi connectivity index (χ2n) is 4.14. The second-order valence-corrected chi connectivity index (χ2v) is 5.36. The van der Waals surface area contributed by atoms with E-state index in [0.717, 1.165) is 11.3 Å². The van der Waals surface area contributed by atoms with Gasteiger partial charge in [0.25, 0.3) is 5.91 Å². The molecule has 6 nitrogen and oxygen atoms in total. The van der Waals surface area contributed by atoms with E-state index in [1.165, 1.54) is 10.4 Å². The lowest BCUT2D eigenvalue weighted by molar-refractivity contribution is -0.138. The smallest absolute Gasteiger partial charge is 0.323 e. The van der Waals surface area contributed by atoms with Crippen molar-refractivity contribution in [3.63, 3.8) is 0 Å². The van der Waals surface area contributed by atoms with Gasteiger partial charge in [0.1, 0.15) is 11.4 Å². The first-order valence-electron chi connectivity index (χ1n) is 5.79. The highest BCUT2D eigenvalue weighted by Crippen LogP contribution is 2.24. The molecule has 1 amide bonds. The summed E-state index contributed by atoms with van der Waals surface area (Å²) in [5.41, 5.74) is 1.47. The number of thiazole rings is 1. The van der Waals surface area contributed by atoms with E-state index in [4.69, 9.17) is 21.4 Å². The molecule has 1 aliphatic rings. The van der Waals surface area contributed by atoms with Crippen LogP contribution < -0.4 is 0 Å². The van der Waals surface area contributed by atoms with Crippen molar-refractivity contribution in [3.05, 3.63) is 15.5 Å². The van der Waals surface area contributed by atoms with Gasteiger partial charge in [-0.1, -0.05) is 11.6 Å². The van der Waals surface area contributed by atoms with Crippen molar-refractivity contribution in [3.8, 4) is 0 Å². The first-order valence-corrected chi connectivity index (χ1v) is 7.05. The van der Waals surface area contributed by atoms with Crippen molar-refractivity contribution in [2.24, 2.45) is 0 Å². The summed E-state index contributed by atoms with van der Waals surface area (Å²) < 4.78 is 5.23. The standard InChI is InChI=1S/C11H13ClN2O4S/c12-10-9(19-6-13-10)11(17)14(5-8(15)16)7-1-3-18-4-2-7/h6-7H,1-5H2,(H,15,16). The molecule has 0 atom stereocenters. The molecule has 0 aromatic carbocycles. The number of nitrogens with zero attached hydrogens (tertiary/aromatic N) is 2. The van der Waals surface area contributed by atoms with Crippen molar-refractivity contribution < 1.29 is 19.4 Å². The number of carboxylic acids is 1. The predicted octanol–water partition coefficient (Wildman–Crippen LogP) is 1.50. The molecule has 104 valence electrons. The fourth-order valence-electron chi connectivity index (χ4n) is 2.01. The van der Waals surface area contributed by atoms with Gasteiger partial charge in [0.2, 0.25) is 0 Å². The van der Waals surface area contributed by atoms with E-state index in [1.807, 2.05) is 0 Å². The third-order valence-corrected chi connectivity index (χ3v) is 4.13. The largest absolute Gasteiger partial charge is 0.480 e. The summed E-state index contributed by atoms with van der Waals surface area (Å²) in [6.07, 6.45) is 1.27. The van der Waals surface area contributed by atoms with E-state index in [-0.39, 0.29) is 28.5 Å². The Bertz CT molecular complexity index is 473. The van der Waals surface area contributed by atoms with Crippen LogP contribution in [-0.4, -0.2) is 52.7 Å². The Kier molecular flexibility index (Phi) is 4.73. The maximum atomic E-state index is 12.4. The fourth-order valence-corrected chi connectivity index (χ4v) is 2.96. The number of aliphatic carboxylic acids is 1. The van der Waals surface area contributed by atoms with Crippen LogP contribution in [0.3, 0.4) is 0 Å². The molecule has 0 aliphatic carbocycles. The van der Waals surface area contributed by atoms with Crippen LogP contribution in [0.1, 0.15) is 22.5 Å². The summed E-state index contributed by atoms with van der Waals surface area (Å²) in [6, 6.07) is -0.129. The van der Waals surface area contributed by atoms with Gasteiger partial charge < -0.3 is 14.7 Å². The molecular formula is C11H13ClN2O4S. The number of hydrogen-bond acceptors (Lipinski definition) is 5. The van der Waals surface area contributed by atoms with Gasteiger partial charge in [-0.2, -0.15) is 0 Å². The number of aromatic nitrogens is 1. The molecular weight excluding hydrogens is 292 g/mol. The van der Waals surface area contributed by atoms with Crippen molar-refractivity contribution in [2.45, 2.75) is 18.9 Å². The number of ether oxygens (including phenoxy) is 1. The fraction of sp³-hybridized carbons (Fsp3) is 0.545. The molecule has 19 heavy (non-hydrogen) atoms. The van der Waals surface area contributed by atoms with Crippen LogP contribution in [0.4, 0.5) is 0 Å². The van der Waals surface area contributed by atoms with Crippen LogP contribution in [-0.2, 0) is 9.53 Å². The Balaban J connectivity index is 2.19. The highest BCUT2D eigenvalue weighted by atomic mass is 35.5. The van der Waals surface area contributed by atoms with Gasteiger partial charge in [-0.3, -0.25) is 9.59 Å². The van der Waals surface area contributed by atoms with Gasteiger partial charge in [-0.05, 0) is 12.8 Å². The summed E-state index contributed by atoms with van der Waals surface area (Å²) >= 11 is 6.95. The van der Waals surface area contributed by atoms with Gasteiger partial charge in [0.05, 0.1) is 5.51 Å². The van der Waals surface area contributed by atoms with Gasteiger partial charge in [-0.15, -0.1) is 11.3 Å². The Hall–Kier alpha value is -1.18. The Morgan fingerprint density at radius 2 is 2.21 bits per heavy atom. The summed E-state index contributed by atoms with van der Waals surface area (Å²) in [5, 5.41) is 9.08. The average Bonchev–Trinajstić information content (AvgIpc) is 2.82. The lowest BCUT2D eigenvalue weighted by atomic mass is 10.1. The van der Waals surface area contributed by atoms with Gasteiger partial charge >= 0.3 is 5.97 Å². The first kappa shape index (κ1) is 14.2. The molecule has 1 saturated heterocycles. The molecule has 0 unspecified atom stereocenters. The highest BCUT2D eigenvalue weighted by Gasteiger charge is 2.30. The topological polar surface area (TPSA) is 79.7 Å². The van der Waals surface area contributed by atoms with Gasteiger partial charge in [0.15, 0.2) is 5.15 Å². The van der Waals surface area contributed by atoms with Crippen LogP contribution in [0, 0.1) is 0 Å². The Labute approximate surface area is 118 Å². The monoisotopic (exact) mass is 304 g/mol.